The number of thioether (sulfide) groups is 1. The van der Waals surface area contributed by atoms with Crippen molar-refractivity contribution in [1.29, 1.82) is 0 Å². The Kier molecular flexibility index (Phi) is 7.09. The van der Waals surface area contributed by atoms with E-state index >= 15 is 0 Å². The van der Waals surface area contributed by atoms with Crippen molar-refractivity contribution in [3.05, 3.63) is 63.9 Å². The van der Waals surface area contributed by atoms with Crippen LogP contribution in [0.4, 0.5) is 0 Å². The smallest absolute Gasteiger partial charge is 0.262 e. The molecule has 0 atom stereocenters. The molecule has 32 heavy (non-hydrogen) atoms. The van der Waals surface area contributed by atoms with Crippen LogP contribution in [0.15, 0.2) is 57.8 Å². The van der Waals surface area contributed by atoms with Gasteiger partial charge in [0.05, 0.1) is 30.8 Å². The largest absolute Gasteiger partial charge is 0.493 e. The van der Waals surface area contributed by atoms with Crippen LogP contribution < -0.4 is 15.0 Å². The number of aliphatic hydroxyl groups is 1. The summed E-state index contributed by atoms with van der Waals surface area (Å²) in [6, 6.07) is 13.1. The van der Waals surface area contributed by atoms with E-state index in [4.69, 9.17) is 19.4 Å². The molecule has 2 heterocycles. The fourth-order valence-electron chi connectivity index (χ4n) is 3.30. The number of rotatable bonds is 9. The molecule has 0 fully saturated rings. The number of hydrogen-bond donors (Lipinski definition) is 1. The number of aliphatic hydroxyl groups excluding tert-OH is 1. The Balaban J connectivity index is 1.58. The zero-order valence-electron chi connectivity index (χ0n) is 17.8. The third kappa shape index (κ3) is 4.64. The minimum atomic E-state index is -0.0872. The van der Waals surface area contributed by atoms with Gasteiger partial charge in [-0.1, -0.05) is 23.9 Å². The molecule has 0 amide bonds. The van der Waals surface area contributed by atoms with E-state index in [1.165, 1.54) is 11.8 Å². The first-order chi connectivity index (χ1) is 15.6. The van der Waals surface area contributed by atoms with E-state index in [-0.39, 0.29) is 12.2 Å². The Morgan fingerprint density at radius 2 is 1.91 bits per heavy atom. The molecule has 9 heteroatoms. The van der Waals surface area contributed by atoms with Gasteiger partial charge in [-0.2, -0.15) is 0 Å². The summed E-state index contributed by atoms with van der Waals surface area (Å²) in [4.78, 5) is 22.4. The maximum Gasteiger partial charge on any atom is 0.262 e. The minimum absolute atomic E-state index is 0.0180. The monoisotopic (exact) mass is 469 g/mol. The molecule has 7 nitrogen and oxygen atoms in total. The number of thiazole rings is 1. The van der Waals surface area contributed by atoms with E-state index in [9.17, 15) is 9.90 Å². The highest BCUT2D eigenvalue weighted by Gasteiger charge is 2.14. The molecule has 0 saturated carbocycles. The molecule has 4 rings (SSSR count). The summed E-state index contributed by atoms with van der Waals surface area (Å²) in [5.74, 6) is 1.91. The number of benzene rings is 2. The van der Waals surface area contributed by atoms with Crippen LogP contribution >= 0.6 is 23.1 Å². The molecule has 2 aromatic carbocycles. The molecule has 0 unspecified atom stereocenters. The van der Waals surface area contributed by atoms with Crippen molar-refractivity contribution in [1.82, 2.24) is 14.5 Å². The van der Waals surface area contributed by atoms with Crippen molar-refractivity contribution < 1.29 is 14.6 Å². The molecular weight excluding hydrogens is 446 g/mol. The number of methoxy groups -OCH3 is 2. The zero-order chi connectivity index (χ0) is 22.5. The van der Waals surface area contributed by atoms with Crippen LogP contribution in [0.5, 0.6) is 11.5 Å². The maximum absolute atomic E-state index is 13.0. The van der Waals surface area contributed by atoms with Crippen LogP contribution in [0.25, 0.3) is 21.5 Å². The highest BCUT2D eigenvalue weighted by molar-refractivity contribution is 7.98. The number of hydrogen-bond acceptors (Lipinski definition) is 8. The first-order valence-corrected chi connectivity index (χ1v) is 11.9. The molecule has 0 aliphatic carbocycles. The van der Waals surface area contributed by atoms with Crippen molar-refractivity contribution in [2.45, 2.75) is 23.9 Å². The molecule has 166 valence electrons. The summed E-state index contributed by atoms with van der Waals surface area (Å²) in [6.45, 7) is 0.438. The van der Waals surface area contributed by atoms with Gasteiger partial charge in [-0.15, -0.1) is 11.3 Å². The highest BCUT2D eigenvalue weighted by Crippen LogP contribution is 2.34. The third-order valence-electron chi connectivity index (χ3n) is 4.90. The van der Waals surface area contributed by atoms with Gasteiger partial charge in [0.25, 0.3) is 5.56 Å². The van der Waals surface area contributed by atoms with Gasteiger partial charge >= 0.3 is 0 Å². The van der Waals surface area contributed by atoms with Gasteiger partial charge in [0.2, 0.25) is 0 Å². The molecular formula is C23H23N3O4S2. The van der Waals surface area contributed by atoms with Crippen LogP contribution in [0.2, 0.25) is 0 Å². The Morgan fingerprint density at radius 3 is 2.69 bits per heavy atom. The topological polar surface area (TPSA) is 86.5 Å². The Bertz CT molecular complexity index is 1290. The average molecular weight is 470 g/mol. The lowest BCUT2D eigenvalue weighted by molar-refractivity contribution is 0.276. The first kappa shape index (κ1) is 22.3. The predicted octanol–water partition coefficient (Wildman–Crippen LogP) is 4.21. The standard InChI is InChI=1S/C23H23N3O4S2/c1-29-19-9-8-15(12-20(19)30-2)21-24-16(13-31-21)14-32-23-25-18-7-4-3-6-17(18)22(28)26(23)10-5-11-27/h3-4,6-9,12-13,27H,5,10-11,14H2,1-2H3. The summed E-state index contributed by atoms with van der Waals surface area (Å²) in [5.41, 5.74) is 2.44. The van der Waals surface area contributed by atoms with Gasteiger partial charge in [-0.05, 0) is 36.8 Å². The molecule has 0 spiro atoms. The fraction of sp³-hybridized carbons (Fsp3) is 0.261. The second kappa shape index (κ2) is 10.2. The van der Waals surface area contributed by atoms with Crippen LogP contribution in [-0.4, -0.2) is 40.5 Å². The van der Waals surface area contributed by atoms with Crippen molar-refractivity contribution in [2.75, 3.05) is 20.8 Å². The van der Waals surface area contributed by atoms with Gasteiger partial charge in [0.15, 0.2) is 16.7 Å². The van der Waals surface area contributed by atoms with Crippen molar-refractivity contribution in [2.24, 2.45) is 0 Å². The summed E-state index contributed by atoms with van der Waals surface area (Å²) in [5, 5.41) is 13.3. The van der Waals surface area contributed by atoms with Gasteiger partial charge in [-0.3, -0.25) is 9.36 Å². The second-order valence-electron chi connectivity index (χ2n) is 6.95. The van der Waals surface area contributed by atoms with E-state index in [1.807, 2.05) is 41.8 Å². The molecule has 2 aromatic heterocycles. The van der Waals surface area contributed by atoms with Gasteiger partial charge in [0, 0.05) is 29.8 Å². The van der Waals surface area contributed by atoms with Gasteiger partial charge < -0.3 is 14.6 Å². The van der Waals surface area contributed by atoms with Crippen LogP contribution in [0.3, 0.4) is 0 Å². The van der Waals surface area contributed by atoms with E-state index in [1.54, 1.807) is 36.2 Å². The first-order valence-electron chi connectivity index (χ1n) is 10.0. The van der Waals surface area contributed by atoms with Crippen LogP contribution in [0, 0.1) is 0 Å². The zero-order valence-corrected chi connectivity index (χ0v) is 19.4. The summed E-state index contributed by atoms with van der Waals surface area (Å²) in [6.07, 6.45) is 0.494. The van der Waals surface area contributed by atoms with Crippen molar-refractivity contribution >= 4 is 34.0 Å². The molecule has 1 N–H and O–H groups in total. The van der Waals surface area contributed by atoms with Crippen molar-refractivity contribution in [3.8, 4) is 22.1 Å². The summed E-state index contributed by atoms with van der Waals surface area (Å²) < 4.78 is 12.3. The molecule has 4 aromatic rings. The Hall–Kier alpha value is -2.88. The van der Waals surface area contributed by atoms with E-state index < -0.39 is 0 Å². The summed E-state index contributed by atoms with van der Waals surface area (Å²) >= 11 is 3.02. The number of fused-ring (bicyclic) bond motifs is 1. The van der Waals surface area contributed by atoms with Crippen LogP contribution in [-0.2, 0) is 12.3 Å². The van der Waals surface area contributed by atoms with E-state index in [0.717, 1.165) is 16.3 Å². The van der Waals surface area contributed by atoms with Crippen LogP contribution in [0.1, 0.15) is 12.1 Å². The highest BCUT2D eigenvalue weighted by atomic mass is 32.2. The average Bonchev–Trinajstić information content (AvgIpc) is 3.31. The van der Waals surface area contributed by atoms with E-state index in [0.29, 0.717) is 46.3 Å². The number of ether oxygens (including phenoxy) is 2. The molecule has 0 aliphatic rings. The number of nitrogens with zero attached hydrogens (tertiary/aromatic N) is 3. The van der Waals surface area contributed by atoms with Gasteiger partial charge in [0.1, 0.15) is 5.01 Å². The number of para-hydroxylation sites is 1. The van der Waals surface area contributed by atoms with E-state index in [2.05, 4.69) is 0 Å². The SMILES string of the molecule is COc1ccc(-c2nc(CSc3nc4ccccc4c(=O)n3CCCO)cs2)cc1OC. The minimum Gasteiger partial charge on any atom is -0.493 e. The molecule has 0 radical (unpaired) electrons. The third-order valence-corrected chi connectivity index (χ3v) is 6.85. The maximum atomic E-state index is 13.0. The lowest BCUT2D eigenvalue weighted by atomic mass is 10.2. The quantitative estimate of drug-likeness (QED) is 0.290. The molecule has 0 saturated heterocycles. The Morgan fingerprint density at radius 1 is 1.09 bits per heavy atom. The lowest BCUT2D eigenvalue weighted by Gasteiger charge is -2.12. The number of aromatic nitrogens is 3. The normalized spacial score (nSPS) is 11.1. The molecule has 0 bridgehead atoms. The lowest BCUT2D eigenvalue weighted by Crippen LogP contribution is -2.24. The fourth-order valence-corrected chi connectivity index (χ4v) is 5.14. The van der Waals surface area contributed by atoms with Crippen molar-refractivity contribution in [3.63, 3.8) is 0 Å². The van der Waals surface area contributed by atoms with Gasteiger partial charge in [-0.25, -0.2) is 9.97 Å². The second-order valence-corrected chi connectivity index (χ2v) is 8.75. The Labute approximate surface area is 193 Å². The summed E-state index contributed by atoms with van der Waals surface area (Å²) in [7, 11) is 3.22. The molecule has 0 aliphatic heterocycles. The predicted molar refractivity (Wildman–Crippen MR) is 128 cm³/mol.